The first kappa shape index (κ1) is 25.7. The number of unbranched alkanes of at least 4 members (excludes halogenated alkanes) is 2. The van der Waals surface area contributed by atoms with Gasteiger partial charge in [-0.05, 0) is 24.8 Å². The number of alkyl carbamates (subject to hydrolysis) is 1. The summed E-state index contributed by atoms with van der Waals surface area (Å²) in [7, 11) is 2.47. The summed E-state index contributed by atoms with van der Waals surface area (Å²) < 4.78 is 14.3. The van der Waals surface area contributed by atoms with Gasteiger partial charge in [0, 0.05) is 19.0 Å². The van der Waals surface area contributed by atoms with Crippen LogP contribution in [0.2, 0.25) is 0 Å². The lowest BCUT2D eigenvalue weighted by Gasteiger charge is -2.14. The molecule has 0 radical (unpaired) electrons. The molecular weight excluding hydrogens is 404 g/mol. The summed E-state index contributed by atoms with van der Waals surface area (Å²) in [6, 6.07) is 8.51. The zero-order valence-corrected chi connectivity index (χ0v) is 17.9. The SMILES string of the molecule is COC(=O)/C=C/C[C@H](NC(=O)CCCCCNC(=O)OCc1ccccc1)C(=O)OC. The third-order valence-corrected chi connectivity index (χ3v) is 4.21. The molecule has 1 aromatic carbocycles. The Morgan fingerprint density at radius 2 is 1.74 bits per heavy atom. The monoisotopic (exact) mass is 434 g/mol. The van der Waals surface area contributed by atoms with Crippen molar-refractivity contribution < 1.29 is 33.4 Å². The second kappa shape index (κ2) is 15.5. The first-order valence-electron chi connectivity index (χ1n) is 10.0. The highest BCUT2D eigenvalue weighted by atomic mass is 16.5. The molecule has 0 saturated heterocycles. The Morgan fingerprint density at radius 3 is 2.42 bits per heavy atom. The van der Waals surface area contributed by atoms with Crippen molar-refractivity contribution in [2.75, 3.05) is 20.8 Å². The summed E-state index contributed by atoms with van der Waals surface area (Å²) in [6.45, 7) is 0.654. The first-order chi connectivity index (χ1) is 15.0. The third-order valence-electron chi connectivity index (χ3n) is 4.21. The van der Waals surface area contributed by atoms with Crippen molar-refractivity contribution in [1.82, 2.24) is 10.6 Å². The van der Waals surface area contributed by atoms with Crippen LogP contribution in [0.1, 0.15) is 37.7 Å². The average molecular weight is 434 g/mol. The van der Waals surface area contributed by atoms with E-state index in [9.17, 15) is 19.2 Å². The Labute approximate surface area is 182 Å². The molecule has 1 rings (SSSR count). The van der Waals surface area contributed by atoms with E-state index in [1.54, 1.807) is 0 Å². The number of hydrogen-bond donors (Lipinski definition) is 2. The highest BCUT2D eigenvalue weighted by Gasteiger charge is 2.20. The maximum absolute atomic E-state index is 12.1. The number of hydrogen-bond acceptors (Lipinski definition) is 7. The van der Waals surface area contributed by atoms with E-state index < -0.39 is 24.1 Å². The fraction of sp³-hybridized carbons (Fsp3) is 0.455. The molecule has 0 heterocycles. The minimum atomic E-state index is -0.876. The normalized spacial score (nSPS) is 11.4. The number of nitrogens with one attached hydrogen (secondary N) is 2. The van der Waals surface area contributed by atoms with Crippen molar-refractivity contribution >= 4 is 23.9 Å². The van der Waals surface area contributed by atoms with Gasteiger partial charge in [-0.3, -0.25) is 4.79 Å². The van der Waals surface area contributed by atoms with Crippen LogP contribution >= 0.6 is 0 Å². The standard InChI is InChI=1S/C22H30N2O7/c1-29-20(26)14-9-12-18(21(27)30-2)24-19(25)13-7-4-8-15-23-22(28)31-16-17-10-5-3-6-11-17/h3,5-6,9-11,14,18H,4,7-8,12-13,15-16H2,1-2H3,(H,23,28)(H,24,25)/b14-9+/t18-/m0/s1. The molecule has 9 nitrogen and oxygen atoms in total. The molecule has 2 N–H and O–H groups in total. The number of benzene rings is 1. The predicted octanol–water partition coefficient (Wildman–Crippen LogP) is 2.25. The summed E-state index contributed by atoms with van der Waals surface area (Å²) in [6.07, 6.45) is 4.49. The van der Waals surface area contributed by atoms with E-state index in [1.165, 1.54) is 26.4 Å². The summed E-state index contributed by atoms with van der Waals surface area (Å²) in [5.41, 5.74) is 0.912. The number of methoxy groups -OCH3 is 2. The van der Waals surface area contributed by atoms with Gasteiger partial charge in [-0.25, -0.2) is 14.4 Å². The van der Waals surface area contributed by atoms with E-state index in [4.69, 9.17) is 4.74 Å². The van der Waals surface area contributed by atoms with Crippen molar-refractivity contribution in [3.05, 3.63) is 48.0 Å². The van der Waals surface area contributed by atoms with Crippen LogP contribution in [0.3, 0.4) is 0 Å². The minimum Gasteiger partial charge on any atom is -0.467 e. The number of amides is 2. The van der Waals surface area contributed by atoms with E-state index in [0.717, 1.165) is 12.0 Å². The van der Waals surface area contributed by atoms with Crippen LogP contribution in [0.5, 0.6) is 0 Å². The molecule has 0 aliphatic carbocycles. The summed E-state index contributed by atoms with van der Waals surface area (Å²) in [5.74, 6) is -1.44. The molecule has 0 saturated carbocycles. The van der Waals surface area contributed by atoms with E-state index in [2.05, 4.69) is 20.1 Å². The molecule has 31 heavy (non-hydrogen) atoms. The Balaban J connectivity index is 2.18. The van der Waals surface area contributed by atoms with Crippen LogP contribution < -0.4 is 10.6 Å². The highest BCUT2D eigenvalue weighted by molar-refractivity contribution is 5.85. The van der Waals surface area contributed by atoms with Gasteiger partial charge in [0.1, 0.15) is 12.6 Å². The second-order valence-electron chi connectivity index (χ2n) is 6.60. The predicted molar refractivity (Wildman–Crippen MR) is 113 cm³/mol. The van der Waals surface area contributed by atoms with Crippen molar-refractivity contribution in [1.29, 1.82) is 0 Å². The van der Waals surface area contributed by atoms with Crippen molar-refractivity contribution in [3.8, 4) is 0 Å². The molecule has 1 atom stereocenters. The average Bonchev–Trinajstić information content (AvgIpc) is 2.79. The second-order valence-corrected chi connectivity index (χ2v) is 6.60. The van der Waals surface area contributed by atoms with Gasteiger partial charge in [-0.15, -0.1) is 0 Å². The third kappa shape index (κ3) is 12.0. The molecular formula is C22H30N2O7. The molecule has 9 heteroatoms. The van der Waals surface area contributed by atoms with Crippen LogP contribution in [0, 0.1) is 0 Å². The molecule has 0 aromatic heterocycles. The fourth-order valence-corrected chi connectivity index (χ4v) is 2.54. The minimum absolute atomic E-state index is 0.114. The maximum Gasteiger partial charge on any atom is 0.407 e. The molecule has 0 aliphatic heterocycles. The molecule has 0 aliphatic rings. The molecule has 1 aromatic rings. The Morgan fingerprint density at radius 1 is 1.00 bits per heavy atom. The molecule has 0 spiro atoms. The van der Waals surface area contributed by atoms with Gasteiger partial charge in [-0.1, -0.05) is 42.8 Å². The molecule has 0 bridgehead atoms. The number of esters is 2. The Kier molecular flexibility index (Phi) is 12.8. The van der Waals surface area contributed by atoms with Gasteiger partial charge in [-0.2, -0.15) is 0 Å². The lowest BCUT2D eigenvalue weighted by molar-refractivity contribution is -0.145. The zero-order chi connectivity index (χ0) is 22.9. The van der Waals surface area contributed by atoms with Crippen molar-refractivity contribution in [2.24, 2.45) is 0 Å². The quantitative estimate of drug-likeness (QED) is 0.211. The van der Waals surface area contributed by atoms with Gasteiger partial charge >= 0.3 is 18.0 Å². The largest absolute Gasteiger partial charge is 0.467 e. The van der Waals surface area contributed by atoms with Gasteiger partial charge in [0.25, 0.3) is 0 Å². The first-order valence-corrected chi connectivity index (χ1v) is 10.0. The Hall–Kier alpha value is -3.36. The smallest absolute Gasteiger partial charge is 0.407 e. The fourth-order valence-electron chi connectivity index (χ4n) is 2.54. The lowest BCUT2D eigenvalue weighted by Crippen LogP contribution is -2.41. The van der Waals surface area contributed by atoms with Crippen LogP contribution in [-0.4, -0.2) is 50.7 Å². The van der Waals surface area contributed by atoms with Crippen LogP contribution in [0.15, 0.2) is 42.5 Å². The number of rotatable bonds is 13. The van der Waals surface area contributed by atoms with Gasteiger partial charge < -0.3 is 24.8 Å². The molecule has 2 amide bonds. The van der Waals surface area contributed by atoms with Gasteiger partial charge in [0.05, 0.1) is 14.2 Å². The summed E-state index contributed by atoms with van der Waals surface area (Å²) >= 11 is 0. The van der Waals surface area contributed by atoms with Crippen LogP contribution in [0.4, 0.5) is 4.79 Å². The highest BCUT2D eigenvalue weighted by Crippen LogP contribution is 2.03. The lowest BCUT2D eigenvalue weighted by atomic mass is 10.1. The van der Waals surface area contributed by atoms with Crippen LogP contribution in [-0.2, 0) is 35.2 Å². The van der Waals surface area contributed by atoms with Crippen LogP contribution in [0.25, 0.3) is 0 Å². The van der Waals surface area contributed by atoms with E-state index in [-0.39, 0.29) is 25.4 Å². The summed E-state index contributed by atoms with van der Waals surface area (Å²) in [5, 5.41) is 5.26. The summed E-state index contributed by atoms with van der Waals surface area (Å²) in [4.78, 5) is 46.6. The number of carbonyl (C=O) groups excluding carboxylic acids is 4. The maximum atomic E-state index is 12.1. The van der Waals surface area contributed by atoms with Crippen molar-refractivity contribution in [3.63, 3.8) is 0 Å². The van der Waals surface area contributed by atoms with Gasteiger partial charge in [0.2, 0.25) is 5.91 Å². The molecule has 170 valence electrons. The van der Waals surface area contributed by atoms with E-state index in [0.29, 0.717) is 19.4 Å². The zero-order valence-electron chi connectivity index (χ0n) is 17.9. The van der Waals surface area contributed by atoms with Gasteiger partial charge in [0.15, 0.2) is 0 Å². The Bertz CT molecular complexity index is 735. The topological polar surface area (TPSA) is 120 Å². The molecule has 0 fully saturated rings. The number of carbonyl (C=O) groups is 4. The van der Waals surface area contributed by atoms with Crippen molar-refractivity contribution in [2.45, 2.75) is 44.8 Å². The number of ether oxygens (including phenoxy) is 3. The molecule has 0 unspecified atom stereocenters. The van der Waals surface area contributed by atoms with E-state index >= 15 is 0 Å². The van der Waals surface area contributed by atoms with E-state index in [1.807, 2.05) is 30.3 Å².